The molecule has 0 fully saturated rings. The minimum Gasteiger partial charge on any atom is -0.336 e. The van der Waals surface area contributed by atoms with Crippen LogP contribution in [0.2, 0.25) is 0 Å². The zero-order chi connectivity index (χ0) is 12.8. The molecule has 0 radical (unpaired) electrons. The van der Waals surface area contributed by atoms with Gasteiger partial charge in [-0.3, -0.25) is 0 Å². The van der Waals surface area contributed by atoms with E-state index in [0.29, 0.717) is 0 Å². The van der Waals surface area contributed by atoms with Gasteiger partial charge in [-0.2, -0.15) is 0 Å². The third-order valence-electron chi connectivity index (χ3n) is 2.46. The van der Waals surface area contributed by atoms with Gasteiger partial charge < -0.3 is 4.90 Å². The molecule has 94 valence electrons. The average Bonchev–Trinajstić information content (AvgIpc) is 2.40. The molecule has 0 aliphatic carbocycles. The van der Waals surface area contributed by atoms with Gasteiger partial charge in [0.25, 0.3) is 0 Å². The summed E-state index contributed by atoms with van der Waals surface area (Å²) in [5, 5.41) is 0.898. The highest BCUT2D eigenvalue weighted by Crippen LogP contribution is 2.13. The van der Waals surface area contributed by atoms with Crippen molar-refractivity contribution in [3.63, 3.8) is 0 Å². The SMILES string of the molecule is BrCCN(Cc1ccccc1)c1ncc(I)cn1. The molecule has 0 spiro atoms. The fourth-order valence-electron chi connectivity index (χ4n) is 1.62. The molecule has 1 heterocycles. The summed E-state index contributed by atoms with van der Waals surface area (Å²) in [4.78, 5) is 10.9. The highest BCUT2D eigenvalue weighted by molar-refractivity contribution is 14.1. The summed E-state index contributed by atoms with van der Waals surface area (Å²) in [6.45, 7) is 1.71. The standard InChI is InChI=1S/C13H13BrIN3/c14-6-7-18(10-11-4-2-1-3-5-11)13-16-8-12(15)9-17-13/h1-5,8-9H,6-7,10H2. The summed E-state index contributed by atoms with van der Waals surface area (Å²) < 4.78 is 1.05. The van der Waals surface area contributed by atoms with E-state index in [1.54, 1.807) is 0 Å². The first-order chi connectivity index (χ1) is 8.79. The van der Waals surface area contributed by atoms with Crippen LogP contribution in [0.3, 0.4) is 0 Å². The van der Waals surface area contributed by atoms with Crippen molar-refractivity contribution in [1.82, 2.24) is 9.97 Å². The topological polar surface area (TPSA) is 29.0 Å². The molecule has 0 aliphatic rings. The Hall–Kier alpha value is -0.690. The highest BCUT2D eigenvalue weighted by Gasteiger charge is 2.09. The number of hydrogen-bond donors (Lipinski definition) is 0. The Kier molecular flexibility index (Phi) is 5.37. The number of nitrogens with zero attached hydrogens (tertiary/aromatic N) is 3. The van der Waals surface area contributed by atoms with E-state index in [1.807, 2.05) is 18.5 Å². The van der Waals surface area contributed by atoms with Crippen LogP contribution in [0.1, 0.15) is 5.56 Å². The number of rotatable bonds is 5. The van der Waals surface area contributed by atoms with Crippen LogP contribution in [0.4, 0.5) is 5.95 Å². The van der Waals surface area contributed by atoms with Gasteiger partial charge in [-0.05, 0) is 28.2 Å². The van der Waals surface area contributed by atoms with Gasteiger partial charge in [-0.25, -0.2) is 9.97 Å². The van der Waals surface area contributed by atoms with Gasteiger partial charge in [0.05, 0.1) is 0 Å². The molecular formula is C13H13BrIN3. The Bertz CT molecular complexity index is 475. The van der Waals surface area contributed by atoms with Crippen LogP contribution in [0, 0.1) is 3.57 Å². The van der Waals surface area contributed by atoms with E-state index in [0.717, 1.165) is 27.9 Å². The maximum Gasteiger partial charge on any atom is 0.225 e. The van der Waals surface area contributed by atoms with Crippen molar-refractivity contribution in [1.29, 1.82) is 0 Å². The Balaban J connectivity index is 2.15. The molecule has 1 aromatic carbocycles. The second-order valence-electron chi connectivity index (χ2n) is 3.80. The lowest BCUT2D eigenvalue weighted by Crippen LogP contribution is -2.26. The molecule has 5 heteroatoms. The number of halogens is 2. The minimum absolute atomic E-state index is 0.777. The van der Waals surface area contributed by atoms with E-state index in [4.69, 9.17) is 0 Å². The molecule has 2 rings (SSSR count). The number of anilines is 1. The fourth-order valence-corrected chi connectivity index (χ4v) is 2.33. The summed E-state index contributed by atoms with van der Waals surface area (Å²) in [5.74, 6) is 0.777. The van der Waals surface area contributed by atoms with E-state index in [-0.39, 0.29) is 0 Å². The van der Waals surface area contributed by atoms with E-state index < -0.39 is 0 Å². The molecule has 0 N–H and O–H groups in total. The first-order valence-electron chi connectivity index (χ1n) is 5.62. The van der Waals surface area contributed by atoms with Crippen LogP contribution in [0.25, 0.3) is 0 Å². The third kappa shape index (κ3) is 3.91. The summed E-state index contributed by atoms with van der Waals surface area (Å²) in [7, 11) is 0. The van der Waals surface area contributed by atoms with Crippen molar-refractivity contribution < 1.29 is 0 Å². The van der Waals surface area contributed by atoms with Crippen molar-refractivity contribution in [3.8, 4) is 0 Å². The van der Waals surface area contributed by atoms with Gasteiger partial charge in [-0.15, -0.1) is 0 Å². The molecule has 0 saturated heterocycles. The van der Waals surface area contributed by atoms with Gasteiger partial charge in [0.15, 0.2) is 0 Å². The highest BCUT2D eigenvalue weighted by atomic mass is 127. The van der Waals surface area contributed by atoms with E-state index in [2.05, 4.69) is 77.7 Å². The average molecular weight is 418 g/mol. The van der Waals surface area contributed by atoms with E-state index in [1.165, 1.54) is 5.56 Å². The van der Waals surface area contributed by atoms with Crippen molar-refractivity contribution >= 4 is 44.5 Å². The van der Waals surface area contributed by atoms with Gasteiger partial charge in [0, 0.05) is 34.4 Å². The van der Waals surface area contributed by atoms with Crippen LogP contribution in [0.15, 0.2) is 42.7 Å². The summed E-state index contributed by atoms with van der Waals surface area (Å²) in [6.07, 6.45) is 3.68. The fraction of sp³-hybridized carbons (Fsp3) is 0.231. The number of hydrogen-bond acceptors (Lipinski definition) is 3. The van der Waals surface area contributed by atoms with Crippen molar-refractivity contribution in [2.24, 2.45) is 0 Å². The monoisotopic (exact) mass is 417 g/mol. The van der Waals surface area contributed by atoms with Crippen molar-refractivity contribution in [2.75, 3.05) is 16.8 Å². The van der Waals surface area contributed by atoms with Gasteiger partial charge in [0.1, 0.15) is 0 Å². The number of alkyl halides is 1. The molecule has 3 nitrogen and oxygen atoms in total. The molecule has 1 aromatic heterocycles. The summed E-state index contributed by atoms with van der Waals surface area (Å²) in [6, 6.07) is 10.4. The van der Waals surface area contributed by atoms with Crippen LogP contribution < -0.4 is 4.90 Å². The normalized spacial score (nSPS) is 10.3. The van der Waals surface area contributed by atoms with Gasteiger partial charge >= 0.3 is 0 Å². The number of aromatic nitrogens is 2. The number of benzene rings is 1. The second-order valence-corrected chi connectivity index (χ2v) is 5.84. The smallest absolute Gasteiger partial charge is 0.225 e. The second kappa shape index (κ2) is 7.04. The van der Waals surface area contributed by atoms with Crippen LogP contribution in [0.5, 0.6) is 0 Å². The van der Waals surface area contributed by atoms with E-state index in [9.17, 15) is 0 Å². The van der Waals surface area contributed by atoms with Crippen molar-refractivity contribution in [2.45, 2.75) is 6.54 Å². The molecule has 0 unspecified atom stereocenters. The first-order valence-corrected chi connectivity index (χ1v) is 7.82. The predicted octanol–water partition coefficient (Wildman–Crippen LogP) is 3.48. The Morgan fingerprint density at radius 1 is 1.11 bits per heavy atom. The largest absolute Gasteiger partial charge is 0.336 e. The molecular weight excluding hydrogens is 405 g/mol. The van der Waals surface area contributed by atoms with Gasteiger partial charge in [-0.1, -0.05) is 46.3 Å². The summed E-state index contributed by atoms with van der Waals surface area (Å²) in [5.41, 5.74) is 1.26. The lowest BCUT2D eigenvalue weighted by atomic mass is 10.2. The first kappa shape index (κ1) is 13.7. The maximum absolute atomic E-state index is 4.38. The Morgan fingerprint density at radius 2 is 1.78 bits per heavy atom. The molecule has 2 aromatic rings. The molecule has 0 amide bonds. The maximum atomic E-state index is 4.38. The van der Waals surface area contributed by atoms with E-state index >= 15 is 0 Å². The predicted molar refractivity (Wildman–Crippen MR) is 86.0 cm³/mol. The lowest BCUT2D eigenvalue weighted by molar-refractivity contribution is 0.797. The van der Waals surface area contributed by atoms with Crippen molar-refractivity contribution in [3.05, 3.63) is 51.9 Å². The lowest BCUT2D eigenvalue weighted by Gasteiger charge is -2.21. The van der Waals surface area contributed by atoms with Gasteiger partial charge in [0.2, 0.25) is 5.95 Å². The van der Waals surface area contributed by atoms with Crippen LogP contribution in [-0.2, 0) is 6.54 Å². The third-order valence-corrected chi connectivity index (χ3v) is 3.37. The molecule has 0 atom stereocenters. The molecule has 0 bridgehead atoms. The Labute approximate surface area is 129 Å². The molecule has 0 aliphatic heterocycles. The molecule has 0 saturated carbocycles. The Morgan fingerprint density at radius 3 is 2.39 bits per heavy atom. The van der Waals surface area contributed by atoms with Crippen LogP contribution in [-0.4, -0.2) is 21.8 Å². The molecule has 18 heavy (non-hydrogen) atoms. The zero-order valence-electron chi connectivity index (χ0n) is 9.76. The zero-order valence-corrected chi connectivity index (χ0v) is 13.5. The van der Waals surface area contributed by atoms with Crippen LogP contribution >= 0.6 is 38.5 Å². The summed E-state index contributed by atoms with van der Waals surface area (Å²) >= 11 is 5.69. The minimum atomic E-state index is 0.777. The quantitative estimate of drug-likeness (QED) is 0.550.